The third-order valence-electron chi connectivity index (χ3n) is 3.57. The van der Waals surface area contributed by atoms with Crippen LogP contribution in [0.25, 0.3) is 10.1 Å². The third-order valence-corrected chi connectivity index (χ3v) is 4.58. The van der Waals surface area contributed by atoms with Gasteiger partial charge in [-0.2, -0.15) is 0 Å². The molecule has 2 aromatic heterocycles. The Kier molecular flexibility index (Phi) is 4.09. The van der Waals surface area contributed by atoms with E-state index in [0.717, 1.165) is 19.3 Å². The minimum atomic E-state index is 0.202. The van der Waals surface area contributed by atoms with E-state index in [1.54, 1.807) is 17.5 Å². The number of aryl methyl sites for hydroxylation is 1. The molecule has 0 amide bonds. The van der Waals surface area contributed by atoms with E-state index in [9.17, 15) is 0 Å². The standard InChI is InChI=1S/C17H18N2S/c18-15(8-7-13-4-3-9-19-11-13)10-14-12-20-17-6-2-1-5-16(14)17/h1-6,9,11-12,15H,7-8,10,18H2. The summed E-state index contributed by atoms with van der Waals surface area (Å²) in [5, 5.41) is 3.60. The van der Waals surface area contributed by atoms with Crippen molar-refractivity contribution in [3.8, 4) is 0 Å². The monoisotopic (exact) mass is 282 g/mol. The molecule has 1 atom stereocenters. The van der Waals surface area contributed by atoms with Gasteiger partial charge in [-0.1, -0.05) is 24.3 Å². The maximum absolute atomic E-state index is 6.29. The molecule has 0 spiro atoms. The number of nitrogens with two attached hydrogens (primary N) is 1. The minimum absolute atomic E-state index is 0.202. The largest absolute Gasteiger partial charge is 0.327 e. The molecule has 20 heavy (non-hydrogen) atoms. The van der Waals surface area contributed by atoms with Crippen molar-refractivity contribution < 1.29 is 0 Å². The molecule has 0 bridgehead atoms. The SMILES string of the molecule is NC(CCc1cccnc1)Cc1csc2ccccc12. The maximum Gasteiger partial charge on any atom is 0.0345 e. The van der Waals surface area contributed by atoms with Crippen LogP contribution < -0.4 is 5.73 Å². The second-order valence-electron chi connectivity index (χ2n) is 5.12. The van der Waals surface area contributed by atoms with Crippen molar-refractivity contribution >= 4 is 21.4 Å². The first-order chi connectivity index (χ1) is 9.83. The fraction of sp³-hybridized carbons (Fsp3) is 0.235. The van der Waals surface area contributed by atoms with Gasteiger partial charge in [-0.15, -0.1) is 11.3 Å². The lowest BCUT2D eigenvalue weighted by Gasteiger charge is -2.11. The molecule has 3 aromatic rings. The van der Waals surface area contributed by atoms with Crippen LogP contribution in [0.1, 0.15) is 17.5 Å². The second-order valence-corrected chi connectivity index (χ2v) is 6.03. The topological polar surface area (TPSA) is 38.9 Å². The Morgan fingerprint density at radius 2 is 2.05 bits per heavy atom. The number of pyridine rings is 1. The lowest BCUT2D eigenvalue weighted by atomic mass is 10.00. The molecule has 3 heteroatoms. The van der Waals surface area contributed by atoms with Crippen molar-refractivity contribution in [1.82, 2.24) is 4.98 Å². The Morgan fingerprint density at radius 1 is 1.15 bits per heavy atom. The van der Waals surface area contributed by atoms with E-state index < -0.39 is 0 Å². The predicted molar refractivity (Wildman–Crippen MR) is 86.1 cm³/mol. The van der Waals surface area contributed by atoms with Gasteiger partial charge in [0.1, 0.15) is 0 Å². The number of nitrogens with zero attached hydrogens (tertiary/aromatic N) is 1. The molecular weight excluding hydrogens is 264 g/mol. The summed E-state index contributed by atoms with van der Waals surface area (Å²) in [4.78, 5) is 4.14. The van der Waals surface area contributed by atoms with Gasteiger partial charge in [-0.05, 0) is 53.3 Å². The highest BCUT2D eigenvalue weighted by Crippen LogP contribution is 2.26. The summed E-state index contributed by atoms with van der Waals surface area (Å²) >= 11 is 1.80. The summed E-state index contributed by atoms with van der Waals surface area (Å²) in [7, 11) is 0. The first-order valence-corrected chi connectivity index (χ1v) is 7.80. The van der Waals surface area contributed by atoms with Crippen LogP contribution >= 0.6 is 11.3 Å². The molecule has 0 saturated heterocycles. The molecule has 2 N–H and O–H groups in total. The molecule has 2 nitrogen and oxygen atoms in total. The number of thiophene rings is 1. The summed E-state index contributed by atoms with van der Waals surface area (Å²) in [6.45, 7) is 0. The molecule has 0 aliphatic carbocycles. The number of fused-ring (bicyclic) bond motifs is 1. The zero-order valence-corrected chi connectivity index (χ0v) is 12.1. The van der Waals surface area contributed by atoms with Crippen LogP contribution in [0.5, 0.6) is 0 Å². The summed E-state index contributed by atoms with van der Waals surface area (Å²) in [5.74, 6) is 0. The van der Waals surface area contributed by atoms with Gasteiger partial charge < -0.3 is 5.73 Å². The van der Waals surface area contributed by atoms with Crippen LogP contribution in [0, 0.1) is 0 Å². The highest BCUT2D eigenvalue weighted by atomic mass is 32.1. The average Bonchev–Trinajstić information content (AvgIpc) is 2.90. The van der Waals surface area contributed by atoms with Crippen molar-refractivity contribution in [3.05, 3.63) is 65.3 Å². The maximum atomic E-state index is 6.29. The van der Waals surface area contributed by atoms with Crippen LogP contribution in [0.4, 0.5) is 0 Å². The van der Waals surface area contributed by atoms with E-state index in [0.29, 0.717) is 0 Å². The number of hydrogen-bond acceptors (Lipinski definition) is 3. The Morgan fingerprint density at radius 3 is 2.90 bits per heavy atom. The third kappa shape index (κ3) is 3.06. The average molecular weight is 282 g/mol. The summed E-state index contributed by atoms with van der Waals surface area (Å²) in [6.07, 6.45) is 6.67. The van der Waals surface area contributed by atoms with Crippen molar-refractivity contribution in [2.24, 2.45) is 5.73 Å². The van der Waals surface area contributed by atoms with Crippen LogP contribution in [-0.2, 0) is 12.8 Å². The second kappa shape index (κ2) is 6.16. The lowest BCUT2D eigenvalue weighted by molar-refractivity contribution is 0.612. The first-order valence-electron chi connectivity index (χ1n) is 6.92. The van der Waals surface area contributed by atoms with Gasteiger partial charge in [0, 0.05) is 23.1 Å². The fourth-order valence-electron chi connectivity index (χ4n) is 2.47. The summed E-state index contributed by atoms with van der Waals surface area (Å²) in [5.41, 5.74) is 8.93. The fourth-order valence-corrected chi connectivity index (χ4v) is 3.45. The van der Waals surface area contributed by atoms with Crippen LogP contribution in [0.15, 0.2) is 54.2 Å². The molecule has 0 saturated carbocycles. The van der Waals surface area contributed by atoms with Gasteiger partial charge in [0.05, 0.1) is 0 Å². The molecule has 1 aromatic carbocycles. The number of benzene rings is 1. The summed E-state index contributed by atoms with van der Waals surface area (Å²) in [6, 6.07) is 12.8. The van der Waals surface area contributed by atoms with E-state index in [-0.39, 0.29) is 6.04 Å². The molecule has 0 aliphatic rings. The van der Waals surface area contributed by atoms with E-state index in [1.165, 1.54) is 21.2 Å². The van der Waals surface area contributed by atoms with Gasteiger partial charge >= 0.3 is 0 Å². The molecule has 102 valence electrons. The summed E-state index contributed by atoms with van der Waals surface area (Å²) < 4.78 is 1.35. The molecule has 0 fully saturated rings. The van der Waals surface area contributed by atoms with Crippen molar-refractivity contribution in [2.45, 2.75) is 25.3 Å². The van der Waals surface area contributed by atoms with Crippen LogP contribution in [0.3, 0.4) is 0 Å². The molecular formula is C17H18N2S. The van der Waals surface area contributed by atoms with Crippen molar-refractivity contribution in [3.63, 3.8) is 0 Å². The molecule has 2 heterocycles. The highest BCUT2D eigenvalue weighted by Gasteiger charge is 2.09. The Bertz CT molecular complexity index is 676. The normalized spacial score (nSPS) is 12.7. The zero-order chi connectivity index (χ0) is 13.8. The van der Waals surface area contributed by atoms with Crippen molar-refractivity contribution in [1.29, 1.82) is 0 Å². The van der Waals surface area contributed by atoms with Gasteiger partial charge in [-0.25, -0.2) is 0 Å². The molecule has 0 radical (unpaired) electrons. The first kappa shape index (κ1) is 13.3. The molecule has 0 aliphatic heterocycles. The number of aromatic nitrogens is 1. The van der Waals surface area contributed by atoms with Crippen LogP contribution in [-0.4, -0.2) is 11.0 Å². The van der Waals surface area contributed by atoms with Gasteiger partial charge in [0.2, 0.25) is 0 Å². The van der Waals surface area contributed by atoms with Crippen molar-refractivity contribution in [2.75, 3.05) is 0 Å². The van der Waals surface area contributed by atoms with E-state index in [4.69, 9.17) is 5.73 Å². The van der Waals surface area contributed by atoms with E-state index in [1.807, 2.05) is 12.3 Å². The Balaban J connectivity index is 1.63. The minimum Gasteiger partial charge on any atom is -0.327 e. The highest BCUT2D eigenvalue weighted by molar-refractivity contribution is 7.17. The predicted octanol–water partition coefficient (Wildman–Crippen LogP) is 3.80. The zero-order valence-electron chi connectivity index (χ0n) is 11.3. The van der Waals surface area contributed by atoms with Crippen LogP contribution in [0.2, 0.25) is 0 Å². The number of hydrogen-bond donors (Lipinski definition) is 1. The van der Waals surface area contributed by atoms with E-state index in [2.05, 4.69) is 40.7 Å². The quantitative estimate of drug-likeness (QED) is 0.773. The smallest absolute Gasteiger partial charge is 0.0345 e. The Labute approximate surface area is 123 Å². The van der Waals surface area contributed by atoms with Gasteiger partial charge in [-0.3, -0.25) is 4.98 Å². The van der Waals surface area contributed by atoms with Gasteiger partial charge in [0.15, 0.2) is 0 Å². The number of rotatable bonds is 5. The lowest BCUT2D eigenvalue weighted by Crippen LogP contribution is -2.23. The van der Waals surface area contributed by atoms with Gasteiger partial charge in [0.25, 0.3) is 0 Å². The van der Waals surface area contributed by atoms with E-state index >= 15 is 0 Å². The molecule has 1 unspecified atom stereocenters. The Hall–Kier alpha value is -1.71. The molecule has 3 rings (SSSR count).